The number of aliphatic hydroxyl groups is 1. The fourth-order valence-electron chi connectivity index (χ4n) is 5.45. The Balaban J connectivity index is 1.66. The third kappa shape index (κ3) is 4.43. The average molecular weight is 484 g/mol. The summed E-state index contributed by atoms with van der Waals surface area (Å²) >= 11 is 0. The molecule has 2 aromatic heterocycles. The standard InChI is InChI=1S/C29H33N5O2/c1-20-10-12-29(13-11-20,21(2)35)25-26(24-8-6-22(17-30)7-9-24)32-28(34-16-14-31-27(25)34)36-19-23-5-4-15-33(3)18-23/h6-12,14,16,21,23,35H,4-5,13,15,18-19H2,1-3H3/t21?,23-,29?/m1/s1. The molecule has 3 heterocycles. The number of benzene rings is 1. The van der Waals surface area contributed by atoms with Gasteiger partial charge in [0.1, 0.15) is 5.65 Å². The third-order valence-corrected chi connectivity index (χ3v) is 7.59. The van der Waals surface area contributed by atoms with Gasteiger partial charge >= 0.3 is 6.01 Å². The molecule has 36 heavy (non-hydrogen) atoms. The van der Waals surface area contributed by atoms with Gasteiger partial charge in [0, 0.05) is 41.4 Å². The molecule has 186 valence electrons. The van der Waals surface area contributed by atoms with Gasteiger partial charge in [-0.2, -0.15) is 10.2 Å². The van der Waals surface area contributed by atoms with Gasteiger partial charge in [0.25, 0.3) is 0 Å². The summed E-state index contributed by atoms with van der Waals surface area (Å²) in [6.07, 6.45) is 12.2. The molecule has 1 aliphatic heterocycles. The van der Waals surface area contributed by atoms with E-state index in [4.69, 9.17) is 14.7 Å². The van der Waals surface area contributed by atoms with Crippen molar-refractivity contribution in [3.8, 4) is 23.3 Å². The van der Waals surface area contributed by atoms with Gasteiger partial charge < -0.3 is 14.7 Å². The zero-order valence-electron chi connectivity index (χ0n) is 21.2. The molecule has 0 spiro atoms. The molecular formula is C29H33N5O2. The summed E-state index contributed by atoms with van der Waals surface area (Å²) in [6.45, 7) is 6.61. The molecule has 1 aliphatic carbocycles. The minimum atomic E-state index is -0.701. The Morgan fingerprint density at radius 1 is 1.31 bits per heavy atom. The lowest BCUT2D eigenvalue weighted by molar-refractivity contribution is 0.124. The number of hydrogen-bond donors (Lipinski definition) is 1. The van der Waals surface area contributed by atoms with Crippen molar-refractivity contribution in [2.45, 2.75) is 44.6 Å². The lowest BCUT2D eigenvalue weighted by Gasteiger charge is -2.37. The quantitative estimate of drug-likeness (QED) is 0.555. The second-order valence-corrected chi connectivity index (χ2v) is 10.2. The second-order valence-electron chi connectivity index (χ2n) is 10.2. The Morgan fingerprint density at radius 3 is 2.78 bits per heavy atom. The van der Waals surface area contributed by atoms with Crippen LogP contribution in [0.4, 0.5) is 0 Å². The van der Waals surface area contributed by atoms with Gasteiger partial charge in [-0.15, -0.1) is 0 Å². The predicted octanol–water partition coefficient (Wildman–Crippen LogP) is 4.51. The number of imidazole rings is 1. The van der Waals surface area contributed by atoms with Crippen LogP contribution in [0.5, 0.6) is 6.01 Å². The van der Waals surface area contributed by atoms with Crippen LogP contribution in [0.15, 0.2) is 60.5 Å². The Kier molecular flexibility index (Phi) is 6.65. The van der Waals surface area contributed by atoms with E-state index in [1.807, 2.05) is 29.7 Å². The molecule has 2 aliphatic rings. The Morgan fingerprint density at radius 2 is 2.11 bits per heavy atom. The van der Waals surface area contributed by atoms with Crippen molar-refractivity contribution in [1.29, 1.82) is 5.26 Å². The van der Waals surface area contributed by atoms with E-state index in [1.165, 1.54) is 6.42 Å². The molecule has 3 aromatic rings. The first-order valence-corrected chi connectivity index (χ1v) is 12.6. The molecule has 1 aromatic carbocycles. The summed E-state index contributed by atoms with van der Waals surface area (Å²) in [7, 11) is 2.15. The lowest BCUT2D eigenvalue weighted by atomic mass is 9.70. The maximum absolute atomic E-state index is 11.2. The highest BCUT2D eigenvalue weighted by Gasteiger charge is 2.41. The number of likely N-dealkylation sites (tertiary alicyclic amines) is 1. The van der Waals surface area contributed by atoms with Crippen molar-refractivity contribution in [2.24, 2.45) is 5.92 Å². The van der Waals surface area contributed by atoms with E-state index >= 15 is 0 Å². The second kappa shape index (κ2) is 9.88. The number of ether oxygens (including phenoxy) is 1. The number of piperidine rings is 1. The van der Waals surface area contributed by atoms with Crippen LogP contribution >= 0.6 is 0 Å². The molecule has 1 fully saturated rings. The summed E-state index contributed by atoms with van der Waals surface area (Å²) in [5.74, 6) is 0.445. The molecule has 3 atom stereocenters. The van der Waals surface area contributed by atoms with Crippen LogP contribution in [0.3, 0.4) is 0 Å². The lowest BCUT2D eigenvalue weighted by Crippen LogP contribution is -2.38. The van der Waals surface area contributed by atoms with Gasteiger partial charge in [0.2, 0.25) is 0 Å². The summed E-state index contributed by atoms with van der Waals surface area (Å²) in [5, 5.41) is 20.5. The topological polar surface area (TPSA) is 86.7 Å². The normalized spacial score (nSPS) is 23.3. The van der Waals surface area contributed by atoms with Gasteiger partial charge in [-0.25, -0.2) is 4.98 Å². The monoisotopic (exact) mass is 483 g/mol. The fourth-order valence-corrected chi connectivity index (χ4v) is 5.45. The van der Waals surface area contributed by atoms with Crippen LogP contribution in [0.25, 0.3) is 16.9 Å². The fraction of sp³-hybridized carbons (Fsp3) is 0.414. The molecule has 0 bridgehead atoms. The smallest absolute Gasteiger partial charge is 0.302 e. The van der Waals surface area contributed by atoms with E-state index in [2.05, 4.69) is 43.2 Å². The van der Waals surface area contributed by atoms with Crippen LogP contribution in [-0.4, -0.2) is 57.2 Å². The number of aliphatic hydroxyl groups excluding tert-OH is 1. The molecule has 2 unspecified atom stereocenters. The SMILES string of the molecule is CC1=CCC(c2c(-c3ccc(C#N)cc3)nc(OC[C@@H]3CCCN(C)C3)n3ccnc23)(C(C)O)C=C1. The van der Waals surface area contributed by atoms with Crippen LogP contribution < -0.4 is 4.74 Å². The third-order valence-electron chi connectivity index (χ3n) is 7.59. The van der Waals surface area contributed by atoms with Crippen LogP contribution in [0.2, 0.25) is 0 Å². The van der Waals surface area contributed by atoms with E-state index in [-0.39, 0.29) is 0 Å². The van der Waals surface area contributed by atoms with E-state index in [9.17, 15) is 10.4 Å². The van der Waals surface area contributed by atoms with Crippen molar-refractivity contribution in [3.63, 3.8) is 0 Å². The number of aromatic nitrogens is 3. The maximum atomic E-state index is 11.2. The summed E-state index contributed by atoms with van der Waals surface area (Å²) in [6, 6.07) is 10.1. The molecule has 0 amide bonds. The van der Waals surface area contributed by atoms with E-state index in [0.29, 0.717) is 36.2 Å². The van der Waals surface area contributed by atoms with Crippen molar-refractivity contribution in [3.05, 3.63) is 71.6 Å². The van der Waals surface area contributed by atoms with Crippen molar-refractivity contribution in [1.82, 2.24) is 19.3 Å². The first-order valence-electron chi connectivity index (χ1n) is 12.6. The number of allylic oxidation sites excluding steroid dienone is 3. The molecule has 1 saturated heterocycles. The molecular weight excluding hydrogens is 450 g/mol. The molecule has 7 nitrogen and oxygen atoms in total. The Labute approximate surface area is 212 Å². The summed E-state index contributed by atoms with van der Waals surface area (Å²) in [5.41, 5.74) is 4.20. The van der Waals surface area contributed by atoms with Gasteiger partial charge in [-0.1, -0.05) is 35.9 Å². The predicted molar refractivity (Wildman–Crippen MR) is 140 cm³/mol. The van der Waals surface area contributed by atoms with Gasteiger partial charge in [-0.05, 0) is 58.8 Å². The zero-order valence-corrected chi connectivity index (χ0v) is 21.2. The minimum Gasteiger partial charge on any atom is -0.464 e. The molecule has 1 N–H and O–H groups in total. The van der Waals surface area contributed by atoms with E-state index in [0.717, 1.165) is 41.9 Å². The van der Waals surface area contributed by atoms with Crippen molar-refractivity contribution >= 4 is 5.65 Å². The van der Waals surface area contributed by atoms with E-state index in [1.54, 1.807) is 18.3 Å². The number of nitriles is 1. The highest BCUT2D eigenvalue weighted by Crippen LogP contribution is 2.44. The van der Waals surface area contributed by atoms with Crippen molar-refractivity contribution in [2.75, 3.05) is 26.7 Å². The van der Waals surface area contributed by atoms with E-state index < -0.39 is 11.5 Å². The molecule has 0 saturated carbocycles. The zero-order chi connectivity index (χ0) is 25.3. The summed E-state index contributed by atoms with van der Waals surface area (Å²) < 4.78 is 8.27. The van der Waals surface area contributed by atoms with Crippen LogP contribution in [0, 0.1) is 17.2 Å². The Bertz CT molecular complexity index is 1350. The van der Waals surface area contributed by atoms with Crippen LogP contribution in [-0.2, 0) is 5.41 Å². The molecule has 5 rings (SSSR count). The maximum Gasteiger partial charge on any atom is 0.302 e. The van der Waals surface area contributed by atoms with Gasteiger partial charge in [0.15, 0.2) is 0 Å². The number of hydrogen-bond acceptors (Lipinski definition) is 6. The molecule has 0 radical (unpaired) electrons. The number of nitrogens with zero attached hydrogens (tertiary/aromatic N) is 5. The van der Waals surface area contributed by atoms with Gasteiger partial charge in [-0.3, -0.25) is 4.40 Å². The Hall–Kier alpha value is -3.47. The summed E-state index contributed by atoms with van der Waals surface area (Å²) in [4.78, 5) is 12.2. The largest absolute Gasteiger partial charge is 0.464 e. The highest BCUT2D eigenvalue weighted by atomic mass is 16.5. The van der Waals surface area contributed by atoms with Crippen LogP contribution in [0.1, 0.15) is 44.2 Å². The number of fused-ring (bicyclic) bond motifs is 1. The first kappa shape index (κ1) is 24.2. The number of rotatable bonds is 6. The first-order chi connectivity index (χ1) is 17.4. The van der Waals surface area contributed by atoms with Crippen molar-refractivity contribution < 1.29 is 9.84 Å². The highest BCUT2D eigenvalue weighted by molar-refractivity contribution is 5.75. The van der Waals surface area contributed by atoms with Gasteiger partial charge in [0.05, 0.1) is 30.0 Å². The molecule has 7 heteroatoms. The minimum absolute atomic E-state index is 0.445. The average Bonchev–Trinajstić information content (AvgIpc) is 3.38.